The van der Waals surface area contributed by atoms with Crippen LogP contribution in [0.2, 0.25) is 0 Å². The summed E-state index contributed by atoms with van der Waals surface area (Å²) in [7, 11) is 0. The standard InChI is InChI=1S/C61H41NOS/c1-61(2)53-23-12-10-20-46(53)47-34-32-42(36-54(47)61)62(41-30-27-39(28-31-41)38-15-4-3-5-16-38)55-24-14-25-56-59(55)52-37-51(45-19-8-9-22-50(45)60(52)63-56)44-18-7-6-17-43(44)40-29-33-49-48-21-11-13-26-57(48)64-58(49)35-40/h3-37H,1-2H3. The molecule has 302 valence electrons. The van der Waals surface area contributed by atoms with Crippen LogP contribution in [0.1, 0.15) is 25.0 Å². The molecule has 0 bridgehead atoms. The van der Waals surface area contributed by atoms with Gasteiger partial charge in [0.05, 0.1) is 11.1 Å². The maximum Gasteiger partial charge on any atom is 0.143 e. The zero-order valence-electron chi connectivity index (χ0n) is 35.5. The molecule has 13 rings (SSSR count). The zero-order chi connectivity index (χ0) is 42.5. The Morgan fingerprint density at radius 1 is 0.391 bits per heavy atom. The Labute approximate surface area is 375 Å². The minimum absolute atomic E-state index is 0.151. The molecule has 0 radical (unpaired) electrons. The summed E-state index contributed by atoms with van der Waals surface area (Å²) in [6.45, 7) is 4.71. The van der Waals surface area contributed by atoms with Gasteiger partial charge in [-0.3, -0.25) is 0 Å². The summed E-state index contributed by atoms with van der Waals surface area (Å²) >= 11 is 1.87. The Bertz CT molecular complexity index is 3820. The second kappa shape index (κ2) is 14.2. The van der Waals surface area contributed by atoms with Crippen LogP contribution in [0.4, 0.5) is 17.1 Å². The number of anilines is 3. The average Bonchev–Trinajstić information content (AvgIpc) is 3.99. The molecule has 0 N–H and O–H groups in total. The molecule has 0 amide bonds. The lowest BCUT2D eigenvalue weighted by atomic mass is 9.82. The Hall–Kier alpha value is -7.72. The van der Waals surface area contributed by atoms with Crippen LogP contribution in [0.25, 0.3) is 97.4 Å². The third-order valence-electron chi connectivity index (χ3n) is 13.7. The molecule has 2 nitrogen and oxygen atoms in total. The van der Waals surface area contributed by atoms with Gasteiger partial charge < -0.3 is 9.32 Å². The zero-order valence-corrected chi connectivity index (χ0v) is 36.3. The number of furan rings is 1. The number of benzene rings is 10. The highest BCUT2D eigenvalue weighted by atomic mass is 32.1. The molecule has 0 spiro atoms. The van der Waals surface area contributed by atoms with Crippen LogP contribution < -0.4 is 4.90 Å². The van der Waals surface area contributed by atoms with Crippen LogP contribution in [-0.2, 0) is 5.41 Å². The molecule has 0 atom stereocenters. The number of rotatable bonds is 6. The van der Waals surface area contributed by atoms with Crippen molar-refractivity contribution >= 4 is 81.3 Å². The normalized spacial score (nSPS) is 13.0. The fraction of sp³-hybridized carbons (Fsp3) is 0.0492. The van der Waals surface area contributed by atoms with E-state index in [1.807, 2.05) is 11.3 Å². The first kappa shape index (κ1) is 36.9. The minimum atomic E-state index is -0.151. The van der Waals surface area contributed by atoms with E-state index in [2.05, 4.69) is 231 Å². The summed E-state index contributed by atoms with van der Waals surface area (Å²) in [4.78, 5) is 2.44. The number of fused-ring (bicyclic) bond motifs is 11. The van der Waals surface area contributed by atoms with Gasteiger partial charge in [0.2, 0.25) is 0 Å². The van der Waals surface area contributed by atoms with Gasteiger partial charge in [-0.25, -0.2) is 0 Å². The van der Waals surface area contributed by atoms with Gasteiger partial charge in [-0.1, -0.05) is 172 Å². The van der Waals surface area contributed by atoms with Crippen molar-refractivity contribution in [1.82, 2.24) is 0 Å². The van der Waals surface area contributed by atoms with Crippen molar-refractivity contribution in [3.8, 4) is 44.5 Å². The van der Waals surface area contributed by atoms with E-state index in [4.69, 9.17) is 4.42 Å². The fourth-order valence-electron chi connectivity index (χ4n) is 10.6. The van der Waals surface area contributed by atoms with Crippen molar-refractivity contribution in [1.29, 1.82) is 0 Å². The highest BCUT2D eigenvalue weighted by molar-refractivity contribution is 7.25. The third kappa shape index (κ3) is 5.57. The lowest BCUT2D eigenvalue weighted by Gasteiger charge is -2.29. The first-order valence-electron chi connectivity index (χ1n) is 22.1. The second-order valence-corrected chi connectivity index (χ2v) is 18.7. The molecule has 0 unspecified atom stereocenters. The first-order valence-corrected chi connectivity index (χ1v) is 22.9. The molecule has 12 aromatic rings. The minimum Gasteiger partial charge on any atom is -0.455 e. The number of hydrogen-bond donors (Lipinski definition) is 0. The topological polar surface area (TPSA) is 16.4 Å². The lowest BCUT2D eigenvalue weighted by Crippen LogP contribution is -2.16. The van der Waals surface area contributed by atoms with E-state index in [-0.39, 0.29) is 5.41 Å². The smallest absolute Gasteiger partial charge is 0.143 e. The van der Waals surface area contributed by atoms with E-state index in [0.29, 0.717) is 0 Å². The molecular formula is C61H41NOS. The summed E-state index contributed by atoms with van der Waals surface area (Å²) < 4.78 is 9.63. The summed E-state index contributed by atoms with van der Waals surface area (Å²) in [6.07, 6.45) is 0. The summed E-state index contributed by atoms with van der Waals surface area (Å²) in [6, 6.07) is 77.8. The van der Waals surface area contributed by atoms with Crippen molar-refractivity contribution in [2.45, 2.75) is 19.3 Å². The lowest BCUT2D eigenvalue weighted by molar-refractivity contribution is 0.660. The quantitative estimate of drug-likeness (QED) is 0.166. The van der Waals surface area contributed by atoms with E-state index < -0.39 is 0 Å². The SMILES string of the molecule is CC1(C)c2ccccc2-c2ccc(N(c3ccc(-c4ccccc4)cc3)c3cccc4oc5c6ccccc6c(-c6ccccc6-c6ccc7c(c6)sc6ccccc67)cc5c34)cc21. The van der Waals surface area contributed by atoms with E-state index in [9.17, 15) is 0 Å². The van der Waals surface area contributed by atoms with Gasteiger partial charge >= 0.3 is 0 Å². The van der Waals surface area contributed by atoms with Gasteiger partial charge in [0.1, 0.15) is 11.2 Å². The Morgan fingerprint density at radius 2 is 1.03 bits per heavy atom. The maximum absolute atomic E-state index is 7.01. The van der Waals surface area contributed by atoms with Crippen molar-refractivity contribution in [3.63, 3.8) is 0 Å². The van der Waals surface area contributed by atoms with Gasteiger partial charge in [-0.15, -0.1) is 11.3 Å². The molecule has 0 aliphatic heterocycles. The average molecular weight is 836 g/mol. The monoisotopic (exact) mass is 835 g/mol. The van der Waals surface area contributed by atoms with Crippen LogP contribution in [0.15, 0.2) is 217 Å². The van der Waals surface area contributed by atoms with Crippen LogP contribution in [0.3, 0.4) is 0 Å². The van der Waals surface area contributed by atoms with Crippen LogP contribution in [0, 0.1) is 0 Å². The molecule has 10 aromatic carbocycles. The van der Waals surface area contributed by atoms with Crippen molar-refractivity contribution in [3.05, 3.63) is 223 Å². The molecule has 0 fully saturated rings. The predicted octanol–water partition coefficient (Wildman–Crippen LogP) is 17.9. The van der Waals surface area contributed by atoms with Gasteiger partial charge in [0.15, 0.2) is 0 Å². The molecule has 64 heavy (non-hydrogen) atoms. The number of nitrogens with zero attached hydrogens (tertiary/aromatic N) is 1. The summed E-state index contributed by atoms with van der Waals surface area (Å²) in [5.74, 6) is 0. The Morgan fingerprint density at radius 3 is 1.88 bits per heavy atom. The van der Waals surface area contributed by atoms with Crippen LogP contribution in [0.5, 0.6) is 0 Å². The first-order chi connectivity index (χ1) is 31.5. The molecule has 2 heterocycles. The molecule has 1 aliphatic carbocycles. The highest BCUT2D eigenvalue weighted by Gasteiger charge is 2.36. The second-order valence-electron chi connectivity index (χ2n) is 17.6. The fourth-order valence-corrected chi connectivity index (χ4v) is 11.7. The van der Waals surface area contributed by atoms with E-state index in [0.717, 1.165) is 44.4 Å². The summed E-state index contributed by atoms with van der Waals surface area (Å²) in [5.41, 5.74) is 17.4. The molecule has 1 aliphatic rings. The number of hydrogen-bond acceptors (Lipinski definition) is 3. The summed E-state index contributed by atoms with van der Waals surface area (Å²) in [5, 5.41) is 7.07. The Kier molecular flexibility index (Phi) is 8.16. The van der Waals surface area contributed by atoms with Gasteiger partial charge in [0, 0.05) is 47.7 Å². The van der Waals surface area contributed by atoms with Gasteiger partial charge in [-0.05, 0) is 116 Å². The van der Waals surface area contributed by atoms with Crippen LogP contribution >= 0.6 is 11.3 Å². The molecular weight excluding hydrogens is 795 g/mol. The predicted molar refractivity (Wildman–Crippen MR) is 273 cm³/mol. The molecule has 0 saturated heterocycles. The molecule has 3 heteroatoms. The van der Waals surface area contributed by atoms with Crippen molar-refractivity contribution in [2.75, 3.05) is 4.90 Å². The largest absolute Gasteiger partial charge is 0.455 e. The number of thiophene rings is 1. The van der Waals surface area contributed by atoms with E-state index in [1.54, 1.807) is 0 Å². The molecule has 0 saturated carbocycles. The van der Waals surface area contributed by atoms with Crippen molar-refractivity contribution in [2.24, 2.45) is 0 Å². The maximum atomic E-state index is 7.01. The van der Waals surface area contributed by atoms with E-state index >= 15 is 0 Å². The third-order valence-corrected chi connectivity index (χ3v) is 14.8. The molecule has 2 aromatic heterocycles. The van der Waals surface area contributed by atoms with Gasteiger partial charge in [-0.2, -0.15) is 0 Å². The van der Waals surface area contributed by atoms with Crippen LogP contribution in [-0.4, -0.2) is 0 Å². The van der Waals surface area contributed by atoms with E-state index in [1.165, 1.54) is 81.2 Å². The van der Waals surface area contributed by atoms with Crippen molar-refractivity contribution < 1.29 is 4.42 Å². The highest BCUT2D eigenvalue weighted by Crippen LogP contribution is 2.52. The Balaban J connectivity index is 1.04. The van der Waals surface area contributed by atoms with Gasteiger partial charge in [0.25, 0.3) is 0 Å².